The molecule has 0 aliphatic carbocycles. The van der Waals surface area contributed by atoms with Gasteiger partial charge in [0.2, 0.25) is 0 Å². The zero-order chi connectivity index (χ0) is 16.0. The quantitative estimate of drug-likeness (QED) is 0.415. The van der Waals surface area contributed by atoms with Crippen LogP contribution in [0.3, 0.4) is 0 Å². The molecular weight excluding hydrogens is 291 g/mol. The molecule has 0 fully saturated rings. The van der Waals surface area contributed by atoms with Crippen molar-refractivity contribution in [2.75, 3.05) is 6.54 Å². The van der Waals surface area contributed by atoms with E-state index in [1.165, 1.54) is 0 Å². The smallest absolute Gasteiger partial charge is 0.166 e. The van der Waals surface area contributed by atoms with E-state index in [-0.39, 0.29) is 5.57 Å². The molecule has 0 amide bonds. The first-order valence-electron chi connectivity index (χ1n) is 6.46. The van der Waals surface area contributed by atoms with Crippen molar-refractivity contribution in [3.63, 3.8) is 0 Å². The maximum absolute atomic E-state index is 13.4. The van der Waals surface area contributed by atoms with Crippen LogP contribution >= 0.6 is 0 Å². The number of halogens is 3. The van der Waals surface area contributed by atoms with Crippen LogP contribution in [0.4, 0.5) is 13.2 Å². The highest BCUT2D eigenvalue weighted by molar-refractivity contribution is 5.83. The molecule has 2 aromatic rings. The van der Waals surface area contributed by atoms with Crippen LogP contribution in [0.15, 0.2) is 71.4 Å². The van der Waals surface area contributed by atoms with Crippen molar-refractivity contribution in [3.8, 4) is 0 Å². The fourth-order valence-corrected chi connectivity index (χ4v) is 2.14. The number of hydrogen-bond donors (Lipinski definition) is 0. The molecular formula is C16H12F3N3. The molecule has 0 aromatic heterocycles. The molecule has 22 heavy (non-hydrogen) atoms. The monoisotopic (exact) mass is 303 g/mol. The summed E-state index contributed by atoms with van der Waals surface area (Å²) in [5.74, 6) is 0. The first-order chi connectivity index (χ1) is 10.5. The summed E-state index contributed by atoms with van der Waals surface area (Å²) < 4.78 is 40.3. The van der Waals surface area contributed by atoms with E-state index in [0.29, 0.717) is 11.1 Å². The molecule has 2 aromatic carbocycles. The molecule has 0 bridgehead atoms. The van der Waals surface area contributed by atoms with E-state index in [9.17, 15) is 13.2 Å². The minimum absolute atomic E-state index is 0.0288. The van der Waals surface area contributed by atoms with Crippen LogP contribution in [0.2, 0.25) is 0 Å². The fourth-order valence-electron chi connectivity index (χ4n) is 2.14. The topological polar surface area (TPSA) is 48.8 Å². The van der Waals surface area contributed by atoms with Gasteiger partial charge in [0.1, 0.15) is 0 Å². The van der Waals surface area contributed by atoms with Gasteiger partial charge in [0.15, 0.2) is 0 Å². The Bertz CT molecular complexity index is 659. The van der Waals surface area contributed by atoms with Gasteiger partial charge >= 0.3 is 6.18 Å². The van der Waals surface area contributed by atoms with E-state index in [2.05, 4.69) is 10.0 Å². The van der Waals surface area contributed by atoms with E-state index in [4.69, 9.17) is 5.53 Å². The SMILES string of the molecule is [N-]=[N+]=NCC(=C(c1ccccc1)c1ccccc1)C(F)(F)F. The van der Waals surface area contributed by atoms with Crippen molar-refractivity contribution in [2.45, 2.75) is 6.18 Å². The normalized spacial score (nSPS) is 10.7. The molecule has 0 aliphatic rings. The summed E-state index contributed by atoms with van der Waals surface area (Å²) in [6.07, 6.45) is -4.59. The largest absolute Gasteiger partial charge is 0.413 e. The Morgan fingerprint density at radius 1 is 0.909 bits per heavy atom. The maximum Gasteiger partial charge on any atom is 0.413 e. The standard InChI is InChI=1S/C16H12F3N3/c17-16(18,19)14(11-21-22-20)15(12-7-3-1-4-8-12)13-9-5-2-6-10-13/h1-10H,11H2. The molecule has 0 atom stereocenters. The molecule has 0 radical (unpaired) electrons. The van der Waals surface area contributed by atoms with Gasteiger partial charge in [-0.2, -0.15) is 13.2 Å². The highest BCUT2D eigenvalue weighted by atomic mass is 19.4. The van der Waals surface area contributed by atoms with E-state index in [1.54, 1.807) is 60.7 Å². The lowest BCUT2D eigenvalue weighted by Crippen LogP contribution is -2.17. The van der Waals surface area contributed by atoms with Gasteiger partial charge in [-0.1, -0.05) is 65.8 Å². The second-order valence-electron chi connectivity index (χ2n) is 4.47. The Kier molecular flexibility index (Phi) is 4.86. The van der Waals surface area contributed by atoms with E-state index < -0.39 is 18.3 Å². The van der Waals surface area contributed by atoms with Crippen molar-refractivity contribution in [2.24, 2.45) is 5.11 Å². The molecule has 2 rings (SSSR count). The molecule has 0 saturated heterocycles. The zero-order valence-electron chi connectivity index (χ0n) is 11.5. The Morgan fingerprint density at radius 3 is 1.73 bits per heavy atom. The third-order valence-electron chi connectivity index (χ3n) is 3.06. The van der Waals surface area contributed by atoms with Crippen molar-refractivity contribution >= 4 is 5.57 Å². The van der Waals surface area contributed by atoms with Gasteiger partial charge in [-0.25, -0.2) is 0 Å². The second kappa shape index (κ2) is 6.83. The minimum Gasteiger partial charge on any atom is -0.166 e. The average molecular weight is 303 g/mol. The average Bonchev–Trinajstić information content (AvgIpc) is 2.52. The molecule has 0 spiro atoms. The summed E-state index contributed by atoms with van der Waals surface area (Å²) in [4.78, 5) is 2.45. The van der Waals surface area contributed by atoms with Gasteiger partial charge in [0.25, 0.3) is 0 Å². The van der Waals surface area contributed by atoms with Crippen molar-refractivity contribution in [1.29, 1.82) is 0 Å². The summed E-state index contributed by atoms with van der Waals surface area (Å²) in [6, 6.07) is 16.5. The van der Waals surface area contributed by atoms with Crippen LogP contribution in [-0.4, -0.2) is 12.7 Å². The first-order valence-corrected chi connectivity index (χ1v) is 6.46. The third-order valence-corrected chi connectivity index (χ3v) is 3.06. The maximum atomic E-state index is 13.4. The molecule has 0 N–H and O–H groups in total. The number of nitrogens with zero attached hydrogens (tertiary/aromatic N) is 3. The summed E-state index contributed by atoms with van der Waals surface area (Å²) in [5.41, 5.74) is 8.39. The summed E-state index contributed by atoms with van der Waals surface area (Å²) in [5, 5.41) is 3.11. The van der Waals surface area contributed by atoms with Gasteiger partial charge in [-0.3, -0.25) is 0 Å². The second-order valence-corrected chi connectivity index (χ2v) is 4.47. The lowest BCUT2D eigenvalue weighted by molar-refractivity contribution is -0.0915. The van der Waals surface area contributed by atoms with Crippen LogP contribution in [0.5, 0.6) is 0 Å². The number of azide groups is 1. The number of hydrogen-bond acceptors (Lipinski definition) is 1. The Morgan fingerprint density at radius 2 is 1.36 bits per heavy atom. The number of benzene rings is 2. The molecule has 0 saturated carbocycles. The van der Waals surface area contributed by atoms with Crippen LogP contribution in [-0.2, 0) is 0 Å². The van der Waals surface area contributed by atoms with E-state index in [1.807, 2.05) is 0 Å². The molecule has 0 heterocycles. The van der Waals surface area contributed by atoms with Crippen LogP contribution in [0.25, 0.3) is 16.0 Å². The predicted molar refractivity (Wildman–Crippen MR) is 79.0 cm³/mol. The van der Waals surface area contributed by atoms with Crippen LogP contribution < -0.4 is 0 Å². The zero-order valence-corrected chi connectivity index (χ0v) is 11.5. The summed E-state index contributed by atoms with van der Waals surface area (Å²) in [7, 11) is 0. The van der Waals surface area contributed by atoms with Gasteiger partial charge in [0, 0.05) is 10.5 Å². The highest BCUT2D eigenvalue weighted by Gasteiger charge is 2.36. The molecule has 6 heteroatoms. The Labute approximate surface area is 125 Å². The third kappa shape index (κ3) is 3.68. The fraction of sp³-hybridized carbons (Fsp3) is 0.125. The van der Waals surface area contributed by atoms with E-state index >= 15 is 0 Å². The van der Waals surface area contributed by atoms with Gasteiger partial charge in [-0.15, -0.1) is 0 Å². The van der Waals surface area contributed by atoms with Crippen molar-refractivity contribution < 1.29 is 13.2 Å². The van der Waals surface area contributed by atoms with Crippen molar-refractivity contribution in [3.05, 3.63) is 87.8 Å². The summed E-state index contributed by atoms with van der Waals surface area (Å²) in [6.45, 7) is -0.751. The lowest BCUT2D eigenvalue weighted by Gasteiger charge is -2.17. The first kappa shape index (κ1) is 15.7. The Hall–Kier alpha value is -2.72. The predicted octanol–water partition coefficient (Wildman–Crippen LogP) is 5.36. The van der Waals surface area contributed by atoms with Crippen LogP contribution in [0, 0.1) is 0 Å². The van der Waals surface area contributed by atoms with Gasteiger partial charge in [0.05, 0.1) is 6.54 Å². The van der Waals surface area contributed by atoms with Crippen molar-refractivity contribution in [1.82, 2.24) is 0 Å². The van der Waals surface area contributed by atoms with Gasteiger partial charge < -0.3 is 0 Å². The molecule has 112 valence electrons. The number of alkyl halides is 3. The molecule has 0 aliphatic heterocycles. The molecule has 3 nitrogen and oxygen atoms in total. The Balaban J connectivity index is 2.74. The molecule has 0 unspecified atom stereocenters. The lowest BCUT2D eigenvalue weighted by atomic mass is 9.92. The highest BCUT2D eigenvalue weighted by Crippen LogP contribution is 2.36. The minimum atomic E-state index is -4.59. The van der Waals surface area contributed by atoms with Crippen LogP contribution in [0.1, 0.15) is 11.1 Å². The summed E-state index contributed by atoms with van der Waals surface area (Å²) >= 11 is 0. The number of rotatable bonds is 4. The van der Waals surface area contributed by atoms with E-state index in [0.717, 1.165) is 0 Å². The van der Waals surface area contributed by atoms with Gasteiger partial charge in [-0.05, 0) is 22.2 Å².